The zero-order valence-electron chi connectivity index (χ0n) is 8.21. The monoisotopic (exact) mass is 230 g/mol. The molecule has 16 heavy (non-hydrogen) atoms. The molecular weight excluding hydrogens is 221 g/mol. The molecule has 0 amide bonds. The summed E-state index contributed by atoms with van der Waals surface area (Å²) in [6, 6.07) is 2.84. The lowest BCUT2D eigenvalue weighted by Gasteiger charge is -2.07. The summed E-state index contributed by atoms with van der Waals surface area (Å²) in [5, 5.41) is 0. The van der Waals surface area contributed by atoms with E-state index >= 15 is 0 Å². The van der Waals surface area contributed by atoms with Crippen LogP contribution in [0.3, 0.4) is 0 Å². The number of hydrogen-bond acceptors (Lipinski definition) is 3. The first-order valence-electron chi connectivity index (χ1n) is 4.36. The van der Waals surface area contributed by atoms with E-state index in [9.17, 15) is 13.2 Å². The standard InChI is InChI=1S/C10H9F3N2O/c11-10(12,13)7-16-9-4-3-8(6-15-9)2-1-5-14/h3-4,6H,5,7,14H2. The molecule has 0 saturated heterocycles. The molecule has 2 N–H and O–H groups in total. The molecule has 1 rings (SSSR count). The second kappa shape index (κ2) is 5.37. The molecule has 0 spiro atoms. The number of halogens is 3. The van der Waals surface area contributed by atoms with Crippen LogP contribution in [-0.4, -0.2) is 24.3 Å². The minimum atomic E-state index is -4.36. The van der Waals surface area contributed by atoms with Gasteiger partial charge in [-0.2, -0.15) is 13.2 Å². The minimum Gasteiger partial charge on any atom is -0.468 e. The zero-order chi connectivity index (χ0) is 12.0. The maximum absolute atomic E-state index is 11.8. The number of pyridine rings is 1. The van der Waals surface area contributed by atoms with Crippen LogP contribution in [0.2, 0.25) is 0 Å². The summed E-state index contributed by atoms with van der Waals surface area (Å²) in [6.07, 6.45) is -3.03. The van der Waals surface area contributed by atoms with Gasteiger partial charge in [0, 0.05) is 17.8 Å². The lowest BCUT2D eigenvalue weighted by atomic mass is 10.3. The predicted molar refractivity (Wildman–Crippen MR) is 51.7 cm³/mol. The van der Waals surface area contributed by atoms with E-state index < -0.39 is 12.8 Å². The third-order valence-corrected chi connectivity index (χ3v) is 1.45. The van der Waals surface area contributed by atoms with Gasteiger partial charge in [-0.3, -0.25) is 0 Å². The van der Waals surface area contributed by atoms with Gasteiger partial charge in [-0.25, -0.2) is 4.98 Å². The van der Waals surface area contributed by atoms with E-state index in [1.165, 1.54) is 18.3 Å². The Bertz CT molecular complexity index is 389. The van der Waals surface area contributed by atoms with Gasteiger partial charge in [0.1, 0.15) is 0 Å². The van der Waals surface area contributed by atoms with E-state index in [0.717, 1.165) is 0 Å². The number of nitrogens with two attached hydrogens (primary N) is 1. The summed E-state index contributed by atoms with van der Waals surface area (Å²) in [7, 11) is 0. The van der Waals surface area contributed by atoms with Crippen LogP contribution in [0.1, 0.15) is 5.56 Å². The highest BCUT2D eigenvalue weighted by molar-refractivity contribution is 5.33. The zero-order valence-corrected chi connectivity index (χ0v) is 8.21. The Hall–Kier alpha value is -1.74. The molecule has 0 atom stereocenters. The molecule has 0 aliphatic heterocycles. The molecule has 0 radical (unpaired) electrons. The first-order chi connectivity index (χ1) is 7.51. The first kappa shape index (κ1) is 12.3. The molecule has 0 aromatic carbocycles. The fourth-order valence-electron chi connectivity index (χ4n) is 0.848. The van der Waals surface area contributed by atoms with Crippen LogP contribution in [0.15, 0.2) is 18.3 Å². The SMILES string of the molecule is NCC#Cc1ccc(OCC(F)(F)F)nc1. The molecule has 0 unspecified atom stereocenters. The average Bonchev–Trinajstić information content (AvgIpc) is 2.24. The highest BCUT2D eigenvalue weighted by Gasteiger charge is 2.28. The summed E-state index contributed by atoms with van der Waals surface area (Å²) in [5.74, 6) is 5.20. The quantitative estimate of drug-likeness (QED) is 0.780. The van der Waals surface area contributed by atoms with Crippen LogP contribution in [0.25, 0.3) is 0 Å². The molecule has 6 heteroatoms. The highest BCUT2D eigenvalue weighted by Crippen LogP contribution is 2.16. The van der Waals surface area contributed by atoms with Gasteiger partial charge in [-0.1, -0.05) is 11.8 Å². The van der Waals surface area contributed by atoms with Crippen molar-refractivity contribution in [2.75, 3.05) is 13.2 Å². The van der Waals surface area contributed by atoms with Gasteiger partial charge in [0.25, 0.3) is 0 Å². The van der Waals surface area contributed by atoms with E-state index in [1.54, 1.807) is 0 Å². The van der Waals surface area contributed by atoms with Gasteiger partial charge < -0.3 is 10.5 Å². The van der Waals surface area contributed by atoms with E-state index in [1.807, 2.05) is 0 Å². The molecule has 0 bridgehead atoms. The number of alkyl halides is 3. The van der Waals surface area contributed by atoms with Crippen molar-refractivity contribution in [3.05, 3.63) is 23.9 Å². The predicted octanol–water partition coefficient (Wildman–Crippen LogP) is 1.33. The van der Waals surface area contributed by atoms with Crippen LogP contribution in [0.5, 0.6) is 5.88 Å². The van der Waals surface area contributed by atoms with Crippen LogP contribution in [0, 0.1) is 11.8 Å². The summed E-state index contributed by atoms with van der Waals surface area (Å²) in [5.41, 5.74) is 5.73. The highest BCUT2D eigenvalue weighted by atomic mass is 19.4. The van der Waals surface area contributed by atoms with Crippen molar-refractivity contribution in [2.45, 2.75) is 6.18 Å². The molecular formula is C10H9F3N2O. The van der Waals surface area contributed by atoms with Crippen LogP contribution in [0.4, 0.5) is 13.2 Å². The van der Waals surface area contributed by atoms with Crippen LogP contribution < -0.4 is 10.5 Å². The third kappa shape index (κ3) is 4.66. The smallest absolute Gasteiger partial charge is 0.422 e. The molecule has 86 valence electrons. The van der Waals surface area contributed by atoms with E-state index in [-0.39, 0.29) is 12.4 Å². The van der Waals surface area contributed by atoms with Gasteiger partial charge in [0.2, 0.25) is 5.88 Å². The summed E-state index contributed by atoms with van der Waals surface area (Å²) in [4.78, 5) is 3.67. The van der Waals surface area contributed by atoms with E-state index in [2.05, 4.69) is 21.6 Å². The van der Waals surface area contributed by atoms with E-state index in [4.69, 9.17) is 5.73 Å². The lowest BCUT2D eigenvalue weighted by Crippen LogP contribution is -2.19. The van der Waals surface area contributed by atoms with Crippen molar-refractivity contribution in [3.63, 3.8) is 0 Å². The Balaban J connectivity index is 2.58. The topological polar surface area (TPSA) is 48.1 Å². The average molecular weight is 230 g/mol. The molecule has 0 aliphatic rings. The molecule has 0 fully saturated rings. The molecule has 0 saturated carbocycles. The summed E-state index contributed by atoms with van der Waals surface area (Å²) < 4.78 is 39.8. The Labute approximate surface area is 90.4 Å². The van der Waals surface area contributed by atoms with Gasteiger partial charge in [0.15, 0.2) is 6.61 Å². The molecule has 1 heterocycles. The number of aromatic nitrogens is 1. The Morgan fingerprint density at radius 1 is 1.38 bits per heavy atom. The minimum absolute atomic E-state index is 0.0874. The van der Waals surface area contributed by atoms with Gasteiger partial charge in [-0.15, -0.1) is 0 Å². The molecule has 1 aromatic heterocycles. The number of ether oxygens (including phenoxy) is 1. The molecule has 0 aliphatic carbocycles. The fraction of sp³-hybridized carbons (Fsp3) is 0.300. The number of hydrogen-bond donors (Lipinski definition) is 1. The van der Waals surface area contributed by atoms with Gasteiger partial charge in [-0.05, 0) is 6.07 Å². The van der Waals surface area contributed by atoms with Crippen molar-refractivity contribution in [2.24, 2.45) is 5.73 Å². The fourth-order valence-corrected chi connectivity index (χ4v) is 0.848. The number of rotatable bonds is 2. The van der Waals surface area contributed by atoms with Crippen LogP contribution in [-0.2, 0) is 0 Å². The van der Waals surface area contributed by atoms with Gasteiger partial charge in [0.05, 0.1) is 6.54 Å². The summed E-state index contributed by atoms with van der Waals surface area (Å²) >= 11 is 0. The van der Waals surface area contributed by atoms with Crippen molar-refractivity contribution < 1.29 is 17.9 Å². The third-order valence-electron chi connectivity index (χ3n) is 1.45. The largest absolute Gasteiger partial charge is 0.468 e. The van der Waals surface area contributed by atoms with Crippen molar-refractivity contribution in [1.29, 1.82) is 0 Å². The molecule has 3 nitrogen and oxygen atoms in total. The second-order valence-electron chi connectivity index (χ2n) is 2.79. The Morgan fingerprint density at radius 2 is 2.12 bits per heavy atom. The van der Waals surface area contributed by atoms with Crippen molar-refractivity contribution >= 4 is 0 Å². The van der Waals surface area contributed by atoms with Crippen molar-refractivity contribution in [1.82, 2.24) is 4.98 Å². The second-order valence-corrected chi connectivity index (χ2v) is 2.79. The Morgan fingerprint density at radius 3 is 2.62 bits per heavy atom. The van der Waals surface area contributed by atoms with E-state index in [0.29, 0.717) is 5.56 Å². The Kier molecular flexibility index (Phi) is 4.14. The van der Waals surface area contributed by atoms with Crippen LogP contribution >= 0.6 is 0 Å². The number of nitrogens with zero attached hydrogens (tertiary/aromatic N) is 1. The molecule has 1 aromatic rings. The first-order valence-corrected chi connectivity index (χ1v) is 4.36. The normalized spacial score (nSPS) is 10.5. The lowest BCUT2D eigenvalue weighted by molar-refractivity contribution is -0.154. The van der Waals surface area contributed by atoms with Crippen molar-refractivity contribution in [3.8, 4) is 17.7 Å². The maximum atomic E-state index is 11.8. The maximum Gasteiger partial charge on any atom is 0.422 e. The van der Waals surface area contributed by atoms with Gasteiger partial charge >= 0.3 is 6.18 Å². The summed E-state index contributed by atoms with van der Waals surface area (Å²) in [6.45, 7) is -1.14.